The first-order chi connectivity index (χ1) is 14.7. The van der Waals surface area contributed by atoms with Crippen molar-refractivity contribution >= 4 is 5.97 Å². The molecular weight excluding hydrogens is 384 g/mol. The number of hydrogen-bond donors (Lipinski definition) is 1. The highest BCUT2D eigenvalue weighted by Crippen LogP contribution is 2.54. The lowest BCUT2D eigenvalue weighted by atomic mass is 9.79. The molecule has 2 heterocycles. The van der Waals surface area contributed by atoms with Crippen LogP contribution in [-0.2, 0) is 4.79 Å². The zero-order chi connectivity index (χ0) is 20.2. The molecule has 3 aromatic carbocycles. The van der Waals surface area contributed by atoms with Gasteiger partial charge >= 0.3 is 5.97 Å². The minimum Gasteiger partial charge on any atom is -0.481 e. The number of carbonyl (C=O) groups is 1. The average Bonchev–Trinajstić information content (AvgIpc) is 3.48. The molecule has 1 aliphatic carbocycles. The molecule has 3 aliphatic rings. The summed E-state index contributed by atoms with van der Waals surface area (Å²) in [5, 5.41) is 10.3. The molecule has 0 bridgehead atoms. The fraction of sp³-hybridized carbons (Fsp3) is 0.208. The maximum atomic E-state index is 12.6. The van der Waals surface area contributed by atoms with E-state index in [0.29, 0.717) is 23.0 Å². The van der Waals surface area contributed by atoms with E-state index in [1.807, 2.05) is 60.7 Å². The number of carboxylic acids is 1. The molecule has 0 saturated carbocycles. The van der Waals surface area contributed by atoms with E-state index < -0.39 is 11.9 Å². The summed E-state index contributed by atoms with van der Waals surface area (Å²) in [6, 6.07) is 19.4. The summed E-state index contributed by atoms with van der Waals surface area (Å²) in [7, 11) is 0. The smallest absolute Gasteiger partial charge is 0.308 e. The second kappa shape index (κ2) is 6.42. The normalized spacial score (nSPS) is 22.7. The van der Waals surface area contributed by atoms with Gasteiger partial charge in [-0.3, -0.25) is 4.79 Å². The van der Waals surface area contributed by atoms with Crippen LogP contribution in [0.3, 0.4) is 0 Å². The zero-order valence-electron chi connectivity index (χ0n) is 15.9. The lowest BCUT2D eigenvalue weighted by Crippen LogP contribution is -2.23. The first-order valence-electron chi connectivity index (χ1n) is 9.81. The second-order valence-electron chi connectivity index (χ2n) is 7.67. The van der Waals surface area contributed by atoms with Crippen molar-refractivity contribution in [2.75, 3.05) is 13.6 Å². The Labute approximate surface area is 172 Å². The van der Waals surface area contributed by atoms with Gasteiger partial charge in [-0.25, -0.2) is 0 Å². The Bertz CT molecular complexity index is 1090. The summed E-state index contributed by atoms with van der Waals surface area (Å²) >= 11 is 0. The molecule has 0 saturated heterocycles. The third-order valence-electron chi connectivity index (χ3n) is 6.18. The SMILES string of the molecule is O=C(O)[C@@H]1[C@H](c2ccc3c(c2)OCO3)c2ccccc2[C@@H]1c1ccc2c(c1)OCO2. The van der Waals surface area contributed by atoms with E-state index in [1.165, 1.54) is 0 Å². The van der Waals surface area contributed by atoms with Crippen LogP contribution in [0.4, 0.5) is 0 Å². The van der Waals surface area contributed by atoms with E-state index in [4.69, 9.17) is 18.9 Å². The van der Waals surface area contributed by atoms with Crippen LogP contribution in [-0.4, -0.2) is 24.7 Å². The van der Waals surface area contributed by atoms with Crippen molar-refractivity contribution in [1.82, 2.24) is 0 Å². The van der Waals surface area contributed by atoms with E-state index in [0.717, 1.165) is 22.3 Å². The number of carboxylic acid groups (broad SMARTS) is 1. The van der Waals surface area contributed by atoms with Crippen molar-refractivity contribution in [2.24, 2.45) is 5.92 Å². The molecule has 0 aromatic heterocycles. The van der Waals surface area contributed by atoms with Crippen LogP contribution in [0.5, 0.6) is 23.0 Å². The van der Waals surface area contributed by atoms with Crippen LogP contribution in [0.2, 0.25) is 0 Å². The van der Waals surface area contributed by atoms with Gasteiger partial charge < -0.3 is 24.1 Å². The number of ether oxygens (including phenoxy) is 4. The molecule has 6 heteroatoms. The van der Waals surface area contributed by atoms with E-state index >= 15 is 0 Å². The van der Waals surface area contributed by atoms with Crippen molar-refractivity contribution in [3.05, 3.63) is 82.9 Å². The highest BCUT2D eigenvalue weighted by Gasteiger charge is 2.46. The molecule has 0 amide bonds. The molecular formula is C24H18O6. The highest BCUT2D eigenvalue weighted by atomic mass is 16.7. The van der Waals surface area contributed by atoms with Crippen LogP contribution in [0.25, 0.3) is 0 Å². The van der Waals surface area contributed by atoms with Crippen molar-refractivity contribution in [2.45, 2.75) is 11.8 Å². The number of rotatable bonds is 3. The highest BCUT2D eigenvalue weighted by molar-refractivity contribution is 5.78. The number of hydrogen-bond acceptors (Lipinski definition) is 5. The quantitative estimate of drug-likeness (QED) is 0.710. The van der Waals surface area contributed by atoms with Gasteiger partial charge in [0.05, 0.1) is 5.92 Å². The molecule has 150 valence electrons. The predicted molar refractivity (Wildman–Crippen MR) is 106 cm³/mol. The third-order valence-corrected chi connectivity index (χ3v) is 6.18. The van der Waals surface area contributed by atoms with Crippen LogP contribution in [0, 0.1) is 5.92 Å². The molecule has 3 aromatic rings. The maximum Gasteiger partial charge on any atom is 0.308 e. The molecule has 0 unspecified atom stereocenters. The first-order valence-corrected chi connectivity index (χ1v) is 9.81. The molecule has 0 fully saturated rings. The van der Waals surface area contributed by atoms with Gasteiger partial charge in [-0.15, -0.1) is 0 Å². The Morgan fingerprint density at radius 2 is 1.17 bits per heavy atom. The largest absolute Gasteiger partial charge is 0.481 e. The second-order valence-corrected chi connectivity index (χ2v) is 7.67. The fourth-order valence-corrected chi connectivity index (χ4v) is 4.93. The van der Waals surface area contributed by atoms with Gasteiger partial charge in [0.25, 0.3) is 0 Å². The van der Waals surface area contributed by atoms with E-state index in [-0.39, 0.29) is 25.4 Å². The van der Waals surface area contributed by atoms with E-state index in [2.05, 4.69) is 0 Å². The Balaban J connectivity index is 1.52. The van der Waals surface area contributed by atoms with Crippen molar-refractivity contribution in [1.29, 1.82) is 0 Å². The van der Waals surface area contributed by atoms with Crippen LogP contribution >= 0.6 is 0 Å². The Morgan fingerprint density at radius 3 is 1.63 bits per heavy atom. The van der Waals surface area contributed by atoms with Crippen molar-refractivity contribution in [3.8, 4) is 23.0 Å². The van der Waals surface area contributed by atoms with Crippen LogP contribution in [0.1, 0.15) is 34.1 Å². The summed E-state index contributed by atoms with van der Waals surface area (Å²) in [5.74, 6) is 0.571. The van der Waals surface area contributed by atoms with Crippen molar-refractivity contribution in [3.63, 3.8) is 0 Å². The lowest BCUT2D eigenvalue weighted by Gasteiger charge is -2.23. The van der Waals surface area contributed by atoms with Gasteiger partial charge in [0, 0.05) is 11.8 Å². The van der Waals surface area contributed by atoms with Crippen LogP contribution < -0.4 is 18.9 Å². The molecule has 6 rings (SSSR count). The summed E-state index contributed by atoms with van der Waals surface area (Å²) in [6.45, 7) is 0.366. The summed E-state index contributed by atoms with van der Waals surface area (Å²) in [4.78, 5) is 12.6. The first kappa shape index (κ1) is 17.2. The van der Waals surface area contributed by atoms with Gasteiger partial charge in [0.2, 0.25) is 13.6 Å². The summed E-state index contributed by atoms with van der Waals surface area (Å²) < 4.78 is 21.9. The molecule has 30 heavy (non-hydrogen) atoms. The van der Waals surface area contributed by atoms with Gasteiger partial charge in [-0.1, -0.05) is 36.4 Å². The third kappa shape index (κ3) is 2.46. The number of fused-ring (bicyclic) bond motifs is 3. The molecule has 6 nitrogen and oxygen atoms in total. The Hall–Kier alpha value is -3.67. The van der Waals surface area contributed by atoms with Crippen LogP contribution in [0.15, 0.2) is 60.7 Å². The standard InChI is InChI=1S/C24H18O6/c25-24(26)23-21(13-5-7-17-19(9-13)29-11-27-17)15-3-1-2-4-16(15)22(23)14-6-8-18-20(10-14)30-12-28-18/h1-10,21-23H,11-12H2,(H,25,26)/t21-,22+,23-. The van der Waals surface area contributed by atoms with Gasteiger partial charge in [-0.2, -0.15) is 0 Å². The summed E-state index contributed by atoms with van der Waals surface area (Å²) in [5.41, 5.74) is 3.85. The minimum atomic E-state index is -0.837. The monoisotopic (exact) mass is 402 g/mol. The number of aliphatic carboxylic acids is 1. The fourth-order valence-electron chi connectivity index (χ4n) is 4.93. The Kier molecular flexibility index (Phi) is 3.68. The maximum absolute atomic E-state index is 12.6. The van der Waals surface area contributed by atoms with Gasteiger partial charge in [-0.05, 0) is 46.5 Å². The summed E-state index contributed by atoms with van der Waals surface area (Å²) in [6.07, 6.45) is 0. The molecule has 1 N–H and O–H groups in total. The zero-order valence-corrected chi connectivity index (χ0v) is 15.9. The molecule has 2 aliphatic heterocycles. The Morgan fingerprint density at radius 1 is 0.700 bits per heavy atom. The van der Waals surface area contributed by atoms with E-state index in [1.54, 1.807) is 0 Å². The predicted octanol–water partition coefficient (Wildman–Crippen LogP) is 4.12. The van der Waals surface area contributed by atoms with Gasteiger partial charge in [0.1, 0.15) is 0 Å². The lowest BCUT2D eigenvalue weighted by molar-refractivity contribution is -0.142. The van der Waals surface area contributed by atoms with Crippen molar-refractivity contribution < 1.29 is 28.8 Å². The van der Waals surface area contributed by atoms with Gasteiger partial charge in [0.15, 0.2) is 23.0 Å². The molecule has 3 atom stereocenters. The molecule has 0 radical (unpaired) electrons. The average molecular weight is 402 g/mol. The topological polar surface area (TPSA) is 74.2 Å². The van der Waals surface area contributed by atoms with E-state index in [9.17, 15) is 9.90 Å². The minimum absolute atomic E-state index is 0.183. The molecule has 0 spiro atoms. The number of benzene rings is 3.